The molecule has 1 fully saturated rings. The maximum absolute atomic E-state index is 13.4. The summed E-state index contributed by atoms with van der Waals surface area (Å²) in [6.07, 6.45) is 0. The van der Waals surface area contributed by atoms with Gasteiger partial charge in [0, 0.05) is 56.6 Å². The lowest BCUT2D eigenvalue weighted by Crippen LogP contribution is -2.53. The van der Waals surface area contributed by atoms with Crippen molar-refractivity contribution in [2.45, 2.75) is 13.0 Å². The summed E-state index contributed by atoms with van der Waals surface area (Å²) in [5, 5.41) is 2.93. The normalized spacial score (nSPS) is 18.7. The summed E-state index contributed by atoms with van der Waals surface area (Å²) in [5.74, 6) is 1.63. The van der Waals surface area contributed by atoms with Gasteiger partial charge >= 0.3 is 12.0 Å². The van der Waals surface area contributed by atoms with E-state index in [1.807, 2.05) is 0 Å². The highest BCUT2D eigenvalue weighted by molar-refractivity contribution is 5.96. The number of methoxy groups -OCH3 is 2. The van der Waals surface area contributed by atoms with Crippen LogP contribution in [0.4, 0.5) is 4.79 Å². The van der Waals surface area contributed by atoms with Gasteiger partial charge in [-0.2, -0.15) is 0 Å². The van der Waals surface area contributed by atoms with Gasteiger partial charge < -0.3 is 33.9 Å². The Morgan fingerprint density at radius 1 is 1.00 bits per heavy atom. The lowest BCUT2D eigenvalue weighted by Gasteiger charge is -2.39. The highest BCUT2D eigenvalue weighted by atomic mass is 16.7. The standard InChI is InChI=1S/C29H34N4O8/c1-5-39-28(35)25-21(31(2)29(36)30-26(25)20-15-19(37-3)7-9-22(20)38-4)16-32-10-12-33(13-11-32)27(34)18-6-8-23-24(14-18)41-17-40-23/h6-9,14-15,26H,5,10-13,16-17H2,1-4H3,(H,30,36). The molecular formula is C29H34N4O8. The van der Waals surface area contributed by atoms with E-state index in [2.05, 4.69) is 10.2 Å². The van der Waals surface area contributed by atoms with Gasteiger partial charge in [-0.05, 0) is 43.3 Å². The van der Waals surface area contributed by atoms with Gasteiger partial charge in [0.05, 0.1) is 32.4 Å². The number of likely N-dealkylation sites (N-methyl/N-ethyl adjacent to an activating group) is 1. The van der Waals surface area contributed by atoms with Gasteiger partial charge in [-0.1, -0.05) is 0 Å². The summed E-state index contributed by atoms with van der Waals surface area (Å²) >= 11 is 0. The highest BCUT2D eigenvalue weighted by Gasteiger charge is 2.39. The van der Waals surface area contributed by atoms with Gasteiger partial charge in [-0.15, -0.1) is 0 Å². The van der Waals surface area contributed by atoms with Crippen LogP contribution < -0.4 is 24.3 Å². The Kier molecular flexibility index (Phi) is 8.20. The number of carbonyl (C=O) groups is 3. The maximum atomic E-state index is 13.4. The van der Waals surface area contributed by atoms with Crippen molar-refractivity contribution in [1.82, 2.24) is 20.0 Å². The first-order valence-corrected chi connectivity index (χ1v) is 13.4. The lowest BCUT2D eigenvalue weighted by molar-refractivity contribution is -0.139. The Bertz CT molecular complexity index is 1370. The van der Waals surface area contributed by atoms with Crippen LogP contribution in [0.5, 0.6) is 23.0 Å². The average molecular weight is 567 g/mol. The summed E-state index contributed by atoms with van der Waals surface area (Å²) in [6.45, 7) is 4.45. The van der Waals surface area contributed by atoms with Crippen LogP contribution in [0.25, 0.3) is 0 Å². The first-order chi connectivity index (χ1) is 19.8. The molecule has 12 nitrogen and oxygen atoms in total. The molecule has 2 aromatic carbocycles. The number of amides is 3. The van der Waals surface area contributed by atoms with Gasteiger partial charge in [0.15, 0.2) is 11.5 Å². The third-order valence-corrected chi connectivity index (χ3v) is 7.47. The highest BCUT2D eigenvalue weighted by Crippen LogP contribution is 2.38. The van der Waals surface area contributed by atoms with Crippen molar-refractivity contribution in [3.8, 4) is 23.0 Å². The van der Waals surface area contributed by atoms with E-state index in [1.165, 1.54) is 12.0 Å². The minimum Gasteiger partial charge on any atom is -0.497 e. The first-order valence-electron chi connectivity index (χ1n) is 13.4. The minimum absolute atomic E-state index is 0.0891. The van der Waals surface area contributed by atoms with Gasteiger partial charge in [0.2, 0.25) is 6.79 Å². The molecule has 12 heteroatoms. The largest absolute Gasteiger partial charge is 0.497 e. The molecule has 3 aliphatic heterocycles. The molecule has 0 aliphatic carbocycles. The van der Waals surface area contributed by atoms with E-state index in [0.29, 0.717) is 78.1 Å². The molecule has 1 N–H and O–H groups in total. The van der Waals surface area contributed by atoms with Crippen LogP contribution in [0.1, 0.15) is 28.9 Å². The quantitative estimate of drug-likeness (QED) is 0.481. The Labute approximate surface area is 238 Å². The molecule has 3 amide bonds. The van der Waals surface area contributed by atoms with E-state index < -0.39 is 12.0 Å². The van der Waals surface area contributed by atoms with Crippen molar-refractivity contribution < 1.29 is 38.1 Å². The van der Waals surface area contributed by atoms with E-state index in [4.69, 9.17) is 23.7 Å². The fourth-order valence-corrected chi connectivity index (χ4v) is 5.23. The molecule has 0 spiro atoms. The Balaban J connectivity index is 1.39. The Hall–Kier alpha value is -4.45. The van der Waals surface area contributed by atoms with Crippen LogP contribution in [0, 0.1) is 0 Å². The van der Waals surface area contributed by atoms with Crippen molar-refractivity contribution in [3.63, 3.8) is 0 Å². The monoisotopic (exact) mass is 566 g/mol. The summed E-state index contributed by atoms with van der Waals surface area (Å²) in [4.78, 5) is 45.1. The van der Waals surface area contributed by atoms with Crippen molar-refractivity contribution in [1.29, 1.82) is 0 Å². The number of urea groups is 1. The average Bonchev–Trinajstić information content (AvgIpc) is 3.47. The van der Waals surface area contributed by atoms with E-state index in [9.17, 15) is 14.4 Å². The number of hydrogen-bond donors (Lipinski definition) is 1. The third kappa shape index (κ3) is 5.60. The van der Waals surface area contributed by atoms with Crippen molar-refractivity contribution in [3.05, 3.63) is 58.8 Å². The summed E-state index contributed by atoms with van der Waals surface area (Å²) in [5.41, 5.74) is 1.96. The van der Waals surface area contributed by atoms with E-state index in [0.717, 1.165) is 0 Å². The van der Waals surface area contributed by atoms with Crippen molar-refractivity contribution in [2.24, 2.45) is 0 Å². The van der Waals surface area contributed by atoms with Crippen LogP contribution in [0.3, 0.4) is 0 Å². The van der Waals surface area contributed by atoms with Crippen LogP contribution in [-0.4, -0.2) is 100.0 Å². The number of hydrogen-bond acceptors (Lipinski definition) is 9. The number of benzene rings is 2. The number of esters is 1. The topological polar surface area (TPSA) is 119 Å². The zero-order chi connectivity index (χ0) is 29.1. The smallest absolute Gasteiger partial charge is 0.338 e. The molecular weight excluding hydrogens is 532 g/mol. The predicted octanol–water partition coefficient (Wildman–Crippen LogP) is 2.40. The second-order valence-corrected chi connectivity index (χ2v) is 9.77. The Morgan fingerprint density at radius 2 is 1.76 bits per heavy atom. The zero-order valence-corrected chi connectivity index (χ0v) is 23.6. The molecule has 0 saturated carbocycles. The summed E-state index contributed by atoms with van der Waals surface area (Å²) in [7, 11) is 4.70. The molecule has 3 aliphatic rings. The number of carbonyl (C=O) groups excluding carboxylic acids is 3. The molecule has 41 heavy (non-hydrogen) atoms. The molecule has 0 bridgehead atoms. The minimum atomic E-state index is -0.813. The Morgan fingerprint density at radius 3 is 2.46 bits per heavy atom. The fourth-order valence-electron chi connectivity index (χ4n) is 5.23. The number of nitrogens with one attached hydrogen (secondary N) is 1. The van der Waals surface area contributed by atoms with Crippen LogP contribution in [0.2, 0.25) is 0 Å². The maximum Gasteiger partial charge on any atom is 0.338 e. The zero-order valence-electron chi connectivity index (χ0n) is 23.6. The van der Waals surface area contributed by atoms with E-state index in [-0.39, 0.29) is 25.3 Å². The number of rotatable bonds is 8. The predicted molar refractivity (Wildman–Crippen MR) is 147 cm³/mol. The molecule has 1 unspecified atom stereocenters. The number of piperazine rings is 1. The molecule has 3 heterocycles. The van der Waals surface area contributed by atoms with Gasteiger partial charge in [-0.3, -0.25) is 14.6 Å². The van der Waals surface area contributed by atoms with Crippen molar-refractivity contribution in [2.75, 3.05) is 67.4 Å². The van der Waals surface area contributed by atoms with Gasteiger partial charge in [-0.25, -0.2) is 9.59 Å². The molecule has 5 rings (SSSR count). The molecule has 2 aromatic rings. The second kappa shape index (κ2) is 12.0. The number of nitrogens with zero attached hydrogens (tertiary/aromatic N) is 3. The lowest BCUT2D eigenvalue weighted by atomic mass is 9.93. The van der Waals surface area contributed by atoms with E-state index >= 15 is 0 Å². The molecule has 1 saturated heterocycles. The molecule has 0 radical (unpaired) electrons. The summed E-state index contributed by atoms with van der Waals surface area (Å²) < 4.78 is 27.2. The van der Waals surface area contributed by atoms with Crippen molar-refractivity contribution >= 4 is 17.9 Å². The second-order valence-electron chi connectivity index (χ2n) is 9.77. The van der Waals surface area contributed by atoms with E-state index in [1.54, 1.807) is 62.4 Å². The number of fused-ring (bicyclic) bond motifs is 1. The van der Waals surface area contributed by atoms with Crippen LogP contribution >= 0.6 is 0 Å². The SMILES string of the molecule is CCOC(=O)C1=C(CN2CCN(C(=O)c3ccc4c(c3)OCO4)CC2)N(C)C(=O)NC1c1cc(OC)ccc1OC. The fraction of sp³-hybridized carbons (Fsp3) is 0.414. The first kappa shape index (κ1) is 28.1. The number of ether oxygens (including phenoxy) is 5. The molecule has 0 aromatic heterocycles. The summed E-state index contributed by atoms with van der Waals surface area (Å²) in [6, 6.07) is 9.23. The molecule has 218 valence electrons. The van der Waals surface area contributed by atoms with Crippen LogP contribution in [-0.2, 0) is 9.53 Å². The van der Waals surface area contributed by atoms with Gasteiger partial charge in [0.1, 0.15) is 11.5 Å². The molecule has 1 atom stereocenters. The third-order valence-electron chi connectivity index (χ3n) is 7.47. The van der Waals surface area contributed by atoms with Crippen LogP contribution in [0.15, 0.2) is 47.7 Å². The van der Waals surface area contributed by atoms with Gasteiger partial charge in [0.25, 0.3) is 5.91 Å².